The summed E-state index contributed by atoms with van der Waals surface area (Å²) in [6.45, 7) is 0. The molecule has 0 saturated heterocycles. The van der Waals surface area contributed by atoms with E-state index in [1.165, 1.54) is 12.1 Å². The fraction of sp³-hybridized carbons (Fsp3) is 0.0833. The third-order valence-corrected chi connectivity index (χ3v) is 2.72. The highest BCUT2D eigenvalue weighted by molar-refractivity contribution is 9.10. The maximum atomic E-state index is 13.6. The van der Waals surface area contributed by atoms with Crippen LogP contribution in [0, 0.1) is 11.6 Å². The topological polar surface area (TPSA) is 37.0 Å². The number of rotatable bonds is 3. The lowest BCUT2D eigenvalue weighted by Crippen LogP contribution is -2.01. The van der Waals surface area contributed by atoms with Crippen molar-refractivity contribution in [1.82, 2.24) is 4.98 Å². The average Bonchev–Trinajstić information content (AvgIpc) is 2.34. The molecule has 0 aliphatic rings. The minimum Gasteiger partial charge on any atom is -0.373 e. The van der Waals surface area contributed by atoms with Gasteiger partial charge in [-0.05, 0) is 24.3 Å². The molecule has 94 valence electrons. The van der Waals surface area contributed by atoms with Crippen LogP contribution in [-0.2, 0) is 0 Å². The molecule has 0 amide bonds. The molecule has 0 fully saturated rings. The molecule has 0 atom stereocenters. The predicted molar refractivity (Wildman–Crippen MR) is 71.1 cm³/mol. The number of aromatic nitrogens is 1. The summed E-state index contributed by atoms with van der Waals surface area (Å²) in [6, 6.07) is 7.48. The Bertz CT molecular complexity index is 552. The normalized spacial score (nSPS) is 10.2. The molecule has 2 rings (SSSR count). The molecule has 0 radical (unpaired) electrons. The third-order valence-electron chi connectivity index (χ3n) is 2.27. The van der Waals surface area contributed by atoms with Gasteiger partial charge >= 0.3 is 0 Å². The van der Waals surface area contributed by atoms with Crippen LogP contribution in [0.2, 0.25) is 0 Å². The van der Waals surface area contributed by atoms with E-state index in [9.17, 15) is 8.78 Å². The van der Waals surface area contributed by atoms with Crippen molar-refractivity contribution in [3.63, 3.8) is 0 Å². The van der Waals surface area contributed by atoms with E-state index in [1.807, 2.05) is 0 Å². The zero-order valence-electron chi connectivity index (χ0n) is 9.47. The lowest BCUT2D eigenvalue weighted by atomic mass is 10.3. The minimum absolute atomic E-state index is 0.223. The molecule has 2 N–H and O–H groups in total. The van der Waals surface area contributed by atoms with Gasteiger partial charge in [0, 0.05) is 11.5 Å². The largest absolute Gasteiger partial charge is 0.373 e. The Morgan fingerprint density at radius 2 is 1.72 bits per heavy atom. The van der Waals surface area contributed by atoms with Gasteiger partial charge in [-0.25, -0.2) is 13.8 Å². The molecule has 0 bridgehead atoms. The molecular formula is C12H10BrF2N3. The van der Waals surface area contributed by atoms with Gasteiger partial charge in [-0.3, -0.25) is 0 Å². The van der Waals surface area contributed by atoms with Crippen molar-refractivity contribution >= 4 is 33.3 Å². The van der Waals surface area contributed by atoms with E-state index in [4.69, 9.17) is 0 Å². The highest BCUT2D eigenvalue weighted by Gasteiger charge is 2.11. The first kappa shape index (κ1) is 12.8. The summed E-state index contributed by atoms with van der Waals surface area (Å²) >= 11 is 3.02. The number of nitrogens with zero attached hydrogens (tertiary/aromatic N) is 1. The number of hydrogen-bond acceptors (Lipinski definition) is 3. The molecule has 3 nitrogen and oxygen atoms in total. The molecule has 0 saturated carbocycles. The summed E-state index contributed by atoms with van der Waals surface area (Å²) in [6.07, 6.45) is 0. The first-order chi connectivity index (χ1) is 8.60. The molecule has 0 aliphatic heterocycles. The van der Waals surface area contributed by atoms with Crippen LogP contribution < -0.4 is 10.6 Å². The van der Waals surface area contributed by atoms with Gasteiger partial charge in [0.25, 0.3) is 0 Å². The van der Waals surface area contributed by atoms with E-state index in [2.05, 4.69) is 31.5 Å². The van der Waals surface area contributed by atoms with Crippen molar-refractivity contribution in [2.24, 2.45) is 0 Å². The van der Waals surface area contributed by atoms with Crippen molar-refractivity contribution in [2.45, 2.75) is 0 Å². The van der Waals surface area contributed by atoms with Crippen LogP contribution in [0.3, 0.4) is 0 Å². The zero-order valence-corrected chi connectivity index (χ0v) is 11.1. The van der Waals surface area contributed by atoms with Crippen molar-refractivity contribution in [3.8, 4) is 0 Å². The number of nitrogens with one attached hydrogen (secondary N) is 2. The summed E-state index contributed by atoms with van der Waals surface area (Å²) in [5, 5.41) is 5.47. The Balaban J connectivity index is 2.33. The second-order valence-corrected chi connectivity index (χ2v) is 4.44. The number of halogens is 3. The quantitative estimate of drug-likeness (QED) is 0.902. The third kappa shape index (κ3) is 2.76. The van der Waals surface area contributed by atoms with Gasteiger partial charge in [-0.1, -0.05) is 22.0 Å². The maximum absolute atomic E-state index is 13.6. The minimum atomic E-state index is -0.682. The Labute approximate surface area is 111 Å². The monoisotopic (exact) mass is 313 g/mol. The van der Waals surface area contributed by atoms with E-state index in [0.29, 0.717) is 16.1 Å². The summed E-state index contributed by atoms with van der Waals surface area (Å²) in [5.41, 5.74) is -0.223. The zero-order chi connectivity index (χ0) is 13.1. The Kier molecular flexibility index (Phi) is 3.76. The lowest BCUT2D eigenvalue weighted by Gasteiger charge is -2.09. The highest BCUT2D eigenvalue weighted by Crippen LogP contribution is 2.26. The van der Waals surface area contributed by atoms with Crippen LogP contribution in [0.25, 0.3) is 0 Å². The first-order valence-corrected chi connectivity index (χ1v) is 5.96. The Hall–Kier alpha value is -1.69. The van der Waals surface area contributed by atoms with Gasteiger partial charge in [0.15, 0.2) is 11.6 Å². The van der Waals surface area contributed by atoms with Gasteiger partial charge in [-0.2, -0.15) is 0 Å². The molecule has 1 aromatic carbocycles. The van der Waals surface area contributed by atoms with Gasteiger partial charge in [0.1, 0.15) is 17.3 Å². The first-order valence-electron chi connectivity index (χ1n) is 5.16. The molecule has 6 heteroatoms. The van der Waals surface area contributed by atoms with E-state index < -0.39 is 11.6 Å². The van der Waals surface area contributed by atoms with Crippen molar-refractivity contribution < 1.29 is 8.78 Å². The van der Waals surface area contributed by atoms with Crippen LogP contribution in [0.5, 0.6) is 0 Å². The Morgan fingerprint density at radius 1 is 1.11 bits per heavy atom. The van der Waals surface area contributed by atoms with E-state index in [0.717, 1.165) is 0 Å². The molecule has 0 spiro atoms. The number of hydrogen-bond donors (Lipinski definition) is 2. The molecular weight excluding hydrogens is 304 g/mol. The van der Waals surface area contributed by atoms with Crippen LogP contribution in [0.15, 0.2) is 34.8 Å². The Morgan fingerprint density at radius 3 is 2.33 bits per heavy atom. The van der Waals surface area contributed by atoms with Crippen LogP contribution >= 0.6 is 15.9 Å². The molecule has 1 heterocycles. The van der Waals surface area contributed by atoms with Crippen LogP contribution in [-0.4, -0.2) is 12.0 Å². The number of benzene rings is 1. The SMILES string of the molecule is CNc1cccc(Nc2c(F)cc(Br)cc2F)n1. The van der Waals surface area contributed by atoms with E-state index in [1.54, 1.807) is 25.2 Å². The molecule has 18 heavy (non-hydrogen) atoms. The highest BCUT2D eigenvalue weighted by atomic mass is 79.9. The molecule has 2 aromatic rings. The fourth-order valence-corrected chi connectivity index (χ4v) is 1.84. The number of pyridine rings is 1. The maximum Gasteiger partial charge on any atom is 0.150 e. The second kappa shape index (κ2) is 5.30. The summed E-state index contributed by atoms with van der Waals surface area (Å²) in [7, 11) is 1.72. The van der Waals surface area contributed by atoms with Gasteiger partial charge in [-0.15, -0.1) is 0 Å². The van der Waals surface area contributed by atoms with Gasteiger partial charge in [0.2, 0.25) is 0 Å². The summed E-state index contributed by atoms with van der Waals surface area (Å²) in [4.78, 5) is 4.12. The van der Waals surface area contributed by atoms with Gasteiger partial charge in [0.05, 0.1) is 0 Å². The number of anilines is 3. The summed E-state index contributed by atoms with van der Waals surface area (Å²) in [5.74, 6) is -0.392. The second-order valence-electron chi connectivity index (χ2n) is 3.53. The molecule has 0 aliphatic carbocycles. The van der Waals surface area contributed by atoms with E-state index >= 15 is 0 Å². The fourth-order valence-electron chi connectivity index (χ4n) is 1.43. The molecule has 0 unspecified atom stereocenters. The lowest BCUT2D eigenvalue weighted by molar-refractivity contribution is 0.589. The van der Waals surface area contributed by atoms with Crippen LogP contribution in [0.1, 0.15) is 0 Å². The molecule has 1 aromatic heterocycles. The smallest absolute Gasteiger partial charge is 0.150 e. The van der Waals surface area contributed by atoms with Crippen molar-refractivity contribution in [1.29, 1.82) is 0 Å². The van der Waals surface area contributed by atoms with Crippen LogP contribution in [0.4, 0.5) is 26.1 Å². The predicted octanol–water partition coefficient (Wildman–Crippen LogP) is 3.91. The summed E-state index contributed by atoms with van der Waals surface area (Å²) < 4.78 is 27.6. The van der Waals surface area contributed by atoms with Gasteiger partial charge < -0.3 is 10.6 Å². The van der Waals surface area contributed by atoms with Crippen molar-refractivity contribution in [3.05, 3.63) is 46.4 Å². The van der Waals surface area contributed by atoms with E-state index in [-0.39, 0.29) is 5.69 Å². The average molecular weight is 314 g/mol. The standard InChI is InChI=1S/C12H10BrF2N3/c1-16-10-3-2-4-11(17-10)18-12-8(14)5-7(13)6-9(12)15/h2-6H,1H3,(H2,16,17,18). The van der Waals surface area contributed by atoms with Crippen molar-refractivity contribution in [2.75, 3.05) is 17.7 Å².